The molecular weight excluding hydrogens is 360 g/mol. The van der Waals surface area contributed by atoms with Gasteiger partial charge in [-0.1, -0.05) is 66.2 Å². The van der Waals surface area contributed by atoms with Crippen LogP contribution < -0.4 is 0 Å². The first-order chi connectivity index (χ1) is 14.7. The standard InChI is InChI=1S/C30H30/c1-2-5-25-15-27(9-8-24(25)4-1)28-7-3-6-26-13-23(14-29(26)28)19-30-16-20-10-21(17-30)12-22(11-20)18-30/h1-9,14-15,20-22H,10-13,16-19H2. The van der Waals surface area contributed by atoms with E-state index in [9.17, 15) is 0 Å². The number of hydrogen-bond acceptors (Lipinski definition) is 0. The lowest BCUT2D eigenvalue weighted by Crippen LogP contribution is -2.46. The normalized spacial score (nSPS) is 31.2. The quantitative estimate of drug-likeness (QED) is 0.424. The van der Waals surface area contributed by atoms with Crippen LogP contribution in [0, 0.1) is 23.2 Å². The van der Waals surface area contributed by atoms with E-state index in [-0.39, 0.29) is 0 Å². The Morgan fingerprint density at radius 2 is 1.47 bits per heavy atom. The van der Waals surface area contributed by atoms with Crippen LogP contribution in [-0.2, 0) is 6.42 Å². The van der Waals surface area contributed by atoms with Crippen molar-refractivity contribution in [2.45, 2.75) is 51.4 Å². The Balaban J connectivity index is 1.23. The predicted octanol–water partition coefficient (Wildman–Crippen LogP) is 8.05. The van der Waals surface area contributed by atoms with Crippen LogP contribution in [0.1, 0.15) is 56.1 Å². The lowest BCUT2D eigenvalue weighted by molar-refractivity contribution is -0.0521. The second-order valence-electron chi connectivity index (χ2n) is 11.0. The van der Waals surface area contributed by atoms with Crippen molar-refractivity contribution in [1.82, 2.24) is 0 Å². The first kappa shape index (κ1) is 17.4. The van der Waals surface area contributed by atoms with Gasteiger partial charge in [-0.15, -0.1) is 0 Å². The summed E-state index contributed by atoms with van der Waals surface area (Å²) in [7, 11) is 0. The first-order valence-electron chi connectivity index (χ1n) is 12.0. The van der Waals surface area contributed by atoms with Crippen LogP contribution >= 0.6 is 0 Å². The van der Waals surface area contributed by atoms with Gasteiger partial charge in [0.25, 0.3) is 0 Å². The molecule has 0 heteroatoms. The molecule has 3 aromatic rings. The van der Waals surface area contributed by atoms with Crippen LogP contribution in [0.2, 0.25) is 0 Å². The summed E-state index contributed by atoms with van der Waals surface area (Å²) in [5.74, 6) is 3.15. The van der Waals surface area contributed by atoms with E-state index in [4.69, 9.17) is 0 Å². The highest BCUT2D eigenvalue weighted by Crippen LogP contribution is 2.62. The first-order valence-corrected chi connectivity index (χ1v) is 12.0. The van der Waals surface area contributed by atoms with E-state index >= 15 is 0 Å². The number of hydrogen-bond donors (Lipinski definition) is 0. The maximum atomic E-state index is 2.58. The van der Waals surface area contributed by atoms with Crippen molar-refractivity contribution in [2.75, 3.05) is 0 Å². The Morgan fingerprint density at radius 3 is 2.23 bits per heavy atom. The predicted molar refractivity (Wildman–Crippen MR) is 126 cm³/mol. The molecule has 3 aromatic carbocycles. The molecule has 5 aliphatic carbocycles. The minimum Gasteiger partial charge on any atom is -0.0646 e. The highest BCUT2D eigenvalue weighted by Gasteiger charge is 2.50. The van der Waals surface area contributed by atoms with E-state index in [1.54, 1.807) is 30.4 Å². The average molecular weight is 391 g/mol. The van der Waals surface area contributed by atoms with Gasteiger partial charge in [0.2, 0.25) is 0 Å². The van der Waals surface area contributed by atoms with E-state index in [1.165, 1.54) is 59.6 Å². The average Bonchev–Trinajstić information content (AvgIpc) is 3.14. The Bertz CT molecular complexity index is 1140. The molecule has 4 bridgehead atoms. The number of rotatable bonds is 3. The summed E-state index contributed by atoms with van der Waals surface area (Å²) in [5.41, 5.74) is 8.16. The van der Waals surface area contributed by atoms with Crippen molar-refractivity contribution in [3.63, 3.8) is 0 Å². The fourth-order valence-electron chi connectivity index (χ4n) is 8.15. The Labute approximate surface area is 180 Å². The molecule has 30 heavy (non-hydrogen) atoms. The van der Waals surface area contributed by atoms with E-state index in [1.807, 2.05) is 0 Å². The summed E-state index contributed by atoms with van der Waals surface area (Å²) in [4.78, 5) is 0. The molecule has 0 atom stereocenters. The second kappa shape index (κ2) is 6.33. The largest absolute Gasteiger partial charge is 0.0646 e. The minimum absolute atomic E-state index is 0.645. The van der Waals surface area contributed by atoms with Crippen LogP contribution in [0.3, 0.4) is 0 Å². The molecule has 0 aromatic heterocycles. The molecule has 0 aliphatic heterocycles. The molecule has 8 rings (SSSR count). The third kappa shape index (κ3) is 2.73. The molecule has 4 saturated carbocycles. The van der Waals surface area contributed by atoms with Gasteiger partial charge in [-0.25, -0.2) is 0 Å². The van der Waals surface area contributed by atoms with Gasteiger partial charge in [0, 0.05) is 0 Å². The summed E-state index contributed by atoms with van der Waals surface area (Å²) in [6.07, 6.45) is 14.3. The summed E-state index contributed by atoms with van der Waals surface area (Å²) < 4.78 is 0. The maximum absolute atomic E-state index is 2.58. The van der Waals surface area contributed by atoms with Crippen molar-refractivity contribution >= 4 is 16.8 Å². The zero-order chi connectivity index (χ0) is 19.7. The van der Waals surface area contributed by atoms with E-state index in [0.717, 1.165) is 17.8 Å². The fourth-order valence-corrected chi connectivity index (χ4v) is 8.15. The van der Waals surface area contributed by atoms with Crippen LogP contribution in [0.15, 0.2) is 66.2 Å². The van der Waals surface area contributed by atoms with Gasteiger partial charge in [0.05, 0.1) is 0 Å². The summed E-state index contributed by atoms with van der Waals surface area (Å²) >= 11 is 0. The molecule has 0 unspecified atom stereocenters. The van der Waals surface area contributed by atoms with Crippen molar-refractivity contribution in [3.8, 4) is 11.1 Å². The van der Waals surface area contributed by atoms with Crippen LogP contribution in [0.4, 0.5) is 0 Å². The van der Waals surface area contributed by atoms with Gasteiger partial charge in [0.1, 0.15) is 0 Å². The van der Waals surface area contributed by atoms with Gasteiger partial charge < -0.3 is 0 Å². The Kier molecular flexibility index (Phi) is 3.66. The topological polar surface area (TPSA) is 0 Å². The molecule has 0 heterocycles. The van der Waals surface area contributed by atoms with Gasteiger partial charge in [0.15, 0.2) is 0 Å². The summed E-state index contributed by atoms with van der Waals surface area (Å²) in [5, 5.41) is 2.66. The lowest BCUT2D eigenvalue weighted by Gasteiger charge is -2.57. The molecular formula is C30H30. The third-order valence-electron chi connectivity index (χ3n) is 8.79. The van der Waals surface area contributed by atoms with Gasteiger partial charge in [-0.2, -0.15) is 0 Å². The highest BCUT2D eigenvalue weighted by molar-refractivity contribution is 5.90. The maximum Gasteiger partial charge on any atom is -0.00574 e. The molecule has 0 amide bonds. The monoisotopic (exact) mass is 390 g/mol. The van der Waals surface area contributed by atoms with Crippen molar-refractivity contribution in [1.29, 1.82) is 0 Å². The summed E-state index contributed by atoms with van der Waals surface area (Å²) in [6, 6.07) is 22.6. The smallest absolute Gasteiger partial charge is 0.00574 e. The molecule has 4 fully saturated rings. The van der Waals surface area contributed by atoms with Gasteiger partial charge in [-0.3, -0.25) is 0 Å². The van der Waals surface area contributed by atoms with Crippen molar-refractivity contribution < 1.29 is 0 Å². The number of fused-ring (bicyclic) bond motifs is 2. The molecule has 0 radical (unpaired) electrons. The van der Waals surface area contributed by atoms with E-state index in [2.05, 4.69) is 66.7 Å². The van der Waals surface area contributed by atoms with Gasteiger partial charge >= 0.3 is 0 Å². The van der Waals surface area contributed by atoms with E-state index < -0.39 is 0 Å². The van der Waals surface area contributed by atoms with Crippen LogP contribution in [0.5, 0.6) is 0 Å². The van der Waals surface area contributed by atoms with Crippen LogP contribution in [0.25, 0.3) is 28.0 Å². The third-order valence-corrected chi connectivity index (χ3v) is 8.79. The Hall–Kier alpha value is -2.34. The van der Waals surface area contributed by atoms with Crippen LogP contribution in [-0.4, -0.2) is 0 Å². The fraction of sp³-hybridized carbons (Fsp3) is 0.400. The summed E-state index contributed by atoms with van der Waals surface area (Å²) in [6.45, 7) is 0. The molecule has 0 saturated heterocycles. The van der Waals surface area contributed by atoms with Crippen molar-refractivity contribution in [2.24, 2.45) is 23.2 Å². The van der Waals surface area contributed by atoms with Gasteiger partial charge in [-0.05, 0) is 114 Å². The zero-order valence-electron chi connectivity index (χ0n) is 17.7. The molecule has 0 N–H and O–H groups in total. The van der Waals surface area contributed by atoms with Crippen molar-refractivity contribution in [3.05, 3.63) is 77.4 Å². The molecule has 0 nitrogen and oxygen atoms in total. The molecule has 5 aliphatic rings. The number of benzene rings is 3. The second-order valence-corrected chi connectivity index (χ2v) is 11.0. The SMILES string of the molecule is C1=C(CC23CC4CC(CC(C4)C2)C3)Cc2cccc(-c3ccc4ccccc4c3)c21. The minimum atomic E-state index is 0.645. The molecule has 0 spiro atoms. The zero-order valence-corrected chi connectivity index (χ0v) is 17.7. The molecule has 150 valence electrons. The lowest BCUT2D eigenvalue weighted by atomic mass is 9.48. The highest BCUT2D eigenvalue weighted by atomic mass is 14.6. The number of allylic oxidation sites excluding steroid dienone is 1. The van der Waals surface area contributed by atoms with E-state index in [0.29, 0.717) is 5.41 Å². The Morgan fingerprint density at radius 1 is 0.733 bits per heavy atom.